The summed E-state index contributed by atoms with van der Waals surface area (Å²) >= 11 is 6.69. The molecule has 0 radical (unpaired) electrons. The standard InChI is InChI=1S/C11H15Br2NO2/c1-7(2)5-8(12)6-14-11(15)9-3-4-10(13)16-9/h3-4,7-8H,5-6H2,1-2H3,(H,14,15). The average molecular weight is 353 g/mol. The average Bonchev–Trinajstić information content (AvgIpc) is 2.60. The van der Waals surface area contributed by atoms with Crippen molar-refractivity contribution in [2.24, 2.45) is 5.92 Å². The molecule has 0 spiro atoms. The van der Waals surface area contributed by atoms with Crippen molar-refractivity contribution < 1.29 is 9.21 Å². The summed E-state index contributed by atoms with van der Waals surface area (Å²) in [6.07, 6.45) is 1.03. The van der Waals surface area contributed by atoms with E-state index < -0.39 is 0 Å². The fourth-order valence-corrected chi connectivity index (χ4v) is 2.54. The quantitative estimate of drug-likeness (QED) is 0.823. The van der Waals surface area contributed by atoms with Crippen LogP contribution in [0.25, 0.3) is 0 Å². The lowest BCUT2D eigenvalue weighted by molar-refractivity contribution is 0.0924. The topological polar surface area (TPSA) is 42.2 Å². The van der Waals surface area contributed by atoms with Gasteiger partial charge in [-0.1, -0.05) is 29.8 Å². The molecule has 3 nitrogen and oxygen atoms in total. The Labute approximate surface area is 112 Å². The maximum atomic E-state index is 11.6. The molecule has 0 fully saturated rings. The molecule has 0 aliphatic carbocycles. The lowest BCUT2D eigenvalue weighted by atomic mass is 10.1. The number of carbonyl (C=O) groups is 1. The third-order valence-corrected chi connectivity index (χ3v) is 3.13. The molecule has 1 aromatic rings. The van der Waals surface area contributed by atoms with Crippen molar-refractivity contribution >= 4 is 37.8 Å². The molecule has 0 aliphatic rings. The van der Waals surface area contributed by atoms with Crippen molar-refractivity contribution in [1.82, 2.24) is 5.32 Å². The van der Waals surface area contributed by atoms with Gasteiger partial charge in [0.1, 0.15) is 0 Å². The zero-order chi connectivity index (χ0) is 12.1. The Morgan fingerprint density at radius 3 is 2.69 bits per heavy atom. The summed E-state index contributed by atoms with van der Waals surface area (Å²) in [6, 6.07) is 3.35. The Morgan fingerprint density at radius 2 is 2.19 bits per heavy atom. The van der Waals surface area contributed by atoms with E-state index in [9.17, 15) is 4.79 Å². The van der Waals surface area contributed by atoms with Gasteiger partial charge in [-0.15, -0.1) is 0 Å². The van der Waals surface area contributed by atoms with E-state index in [1.54, 1.807) is 12.1 Å². The maximum absolute atomic E-state index is 11.6. The first-order valence-electron chi connectivity index (χ1n) is 5.16. The van der Waals surface area contributed by atoms with Crippen LogP contribution in [0, 0.1) is 5.92 Å². The van der Waals surface area contributed by atoms with Crippen LogP contribution in [-0.2, 0) is 0 Å². The predicted molar refractivity (Wildman–Crippen MR) is 70.9 cm³/mol. The molecule has 1 unspecified atom stereocenters. The van der Waals surface area contributed by atoms with E-state index in [2.05, 4.69) is 51.0 Å². The Balaban J connectivity index is 2.35. The predicted octanol–water partition coefficient (Wildman–Crippen LogP) is 3.58. The summed E-state index contributed by atoms with van der Waals surface area (Å²) in [5.74, 6) is 0.758. The van der Waals surface area contributed by atoms with Crippen LogP contribution >= 0.6 is 31.9 Å². The van der Waals surface area contributed by atoms with E-state index in [4.69, 9.17) is 4.42 Å². The van der Waals surface area contributed by atoms with Crippen LogP contribution in [0.4, 0.5) is 0 Å². The number of hydrogen-bond acceptors (Lipinski definition) is 2. The molecule has 1 heterocycles. The van der Waals surface area contributed by atoms with E-state index >= 15 is 0 Å². The van der Waals surface area contributed by atoms with Crippen molar-refractivity contribution in [1.29, 1.82) is 0 Å². The first-order valence-corrected chi connectivity index (χ1v) is 6.87. The minimum Gasteiger partial charge on any atom is -0.444 e. The number of furan rings is 1. The van der Waals surface area contributed by atoms with Crippen LogP contribution < -0.4 is 5.32 Å². The lowest BCUT2D eigenvalue weighted by Crippen LogP contribution is -2.29. The number of amides is 1. The van der Waals surface area contributed by atoms with Gasteiger partial charge < -0.3 is 9.73 Å². The number of halogens is 2. The molecule has 0 bridgehead atoms. The third-order valence-electron chi connectivity index (χ3n) is 2.01. The molecule has 0 saturated heterocycles. The van der Waals surface area contributed by atoms with Crippen LogP contribution in [0.15, 0.2) is 21.2 Å². The summed E-state index contributed by atoms with van der Waals surface area (Å²) in [6.45, 7) is 4.91. The SMILES string of the molecule is CC(C)CC(Br)CNC(=O)c1ccc(Br)o1. The van der Waals surface area contributed by atoms with E-state index in [-0.39, 0.29) is 5.91 Å². The molecule has 1 rings (SSSR count). The lowest BCUT2D eigenvalue weighted by Gasteiger charge is -2.12. The molecule has 1 N–H and O–H groups in total. The van der Waals surface area contributed by atoms with Gasteiger partial charge in [-0.05, 0) is 40.4 Å². The molecule has 0 aliphatic heterocycles. The summed E-state index contributed by atoms with van der Waals surface area (Å²) in [5, 5.41) is 2.82. The second-order valence-electron chi connectivity index (χ2n) is 4.04. The highest BCUT2D eigenvalue weighted by Crippen LogP contribution is 2.15. The Kier molecular flexibility index (Phi) is 5.55. The highest BCUT2D eigenvalue weighted by molar-refractivity contribution is 9.10. The van der Waals surface area contributed by atoms with Gasteiger partial charge in [0.25, 0.3) is 5.91 Å². The van der Waals surface area contributed by atoms with Crippen LogP contribution in [0.5, 0.6) is 0 Å². The molecule has 0 saturated carbocycles. The molecule has 0 aromatic carbocycles. The summed E-state index contributed by atoms with van der Waals surface area (Å²) in [4.78, 5) is 11.9. The van der Waals surface area contributed by atoms with Gasteiger partial charge in [0, 0.05) is 11.4 Å². The van der Waals surface area contributed by atoms with E-state index in [0.717, 1.165) is 6.42 Å². The van der Waals surface area contributed by atoms with Crippen molar-refractivity contribution in [3.05, 3.63) is 22.6 Å². The number of alkyl halides is 1. The van der Waals surface area contributed by atoms with Crippen molar-refractivity contribution in [3.8, 4) is 0 Å². The number of carbonyl (C=O) groups excluding carboxylic acids is 1. The zero-order valence-corrected chi connectivity index (χ0v) is 12.5. The van der Waals surface area contributed by atoms with E-state index in [1.165, 1.54) is 0 Å². The molecule has 5 heteroatoms. The van der Waals surface area contributed by atoms with Crippen LogP contribution in [-0.4, -0.2) is 17.3 Å². The highest BCUT2D eigenvalue weighted by atomic mass is 79.9. The summed E-state index contributed by atoms with van der Waals surface area (Å²) < 4.78 is 5.71. The fraction of sp³-hybridized carbons (Fsp3) is 0.545. The van der Waals surface area contributed by atoms with Gasteiger partial charge >= 0.3 is 0 Å². The molecule has 1 atom stereocenters. The Morgan fingerprint density at radius 1 is 1.50 bits per heavy atom. The second kappa shape index (κ2) is 6.45. The maximum Gasteiger partial charge on any atom is 0.287 e. The van der Waals surface area contributed by atoms with Crippen LogP contribution in [0.3, 0.4) is 0 Å². The van der Waals surface area contributed by atoms with E-state index in [1.807, 2.05) is 0 Å². The molecule has 90 valence electrons. The number of nitrogens with one attached hydrogen (secondary N) is 1. The van der Waals surface area contributed by atoms with Gasteiger partial charge in [-0.2, -0.15) is 0 Å². The van der Waals surface area contributed by atoms with Crippen molar-refractivity contribution in [2.45, 2.75) is 25.1 Å². The fourth-order valence-electron chi connectivity index (χ4n) is 1.32. The highest BCUT2D eigenvalue weighted by Gasteiger charge is 2.12. The normalized spacial score (nSPS) is 12.8. The molecule has 1 amide bonds. The van der Waals surface area contributed by atoms with E-state index in [0.29, 0.717) is 27.7 Å². The minimum atomic E-state index is -0.182. The first kappa shape index (κ1) is 13.8. The Hall–Kier alpha value is -0.290. The second-order valence-corrected chi connectivity index (χ2v) is 6.12. The molecule has 1 aromatic heterocycles. The summed E-state index contributed by atoms with van der Waals surface area (Å²) in [5.41, 5.74) is 0. The largest absolute Gasteiger partial charge is 0.444 e. The molecular formula is C11H15Br2NO2. The number of hydrogen-bond donors (Lipinski definition) is 1. The van der Waals surface area contributed by atoms with Gasteiger partial charge in [-0.25, -0.2) is 0 Å². The third kappa shape index (κ3) is 4.70. The molecular weight excluding hydrogens is 338 g/mol. The van der Waals surface area contributed by atoms with Crippen LogP contribution in [0.2, 0.25) is 0 Å². The minimum absolute atomic E-state index is 0.182. The van der Waals surface area contributed by atoms with Crippen LogP contribution in [0.1, 0.15) is 30.8 Å². The van der Waals surface area contributed by atoms with Gasteiger partial charge in [-0.3, -0.25) is 4.79 Å². The number of rotatable bonds is 5. The van der Waals surface area contributed by atoms with Gasteiger partial charge in [0.2, 0.25) is 0 Å². The molecule has 16 heavy (non-hydrogen) atoms. The Bertz CT molecular complexity index is 350. The van der Waals surface area contributed by atoms with Crippen molar-refractivity contribution in [3.63, 3.8) is 0 Å². The summed E-state index contributed by atoms with van der Waals surface area (Å²) in [7, 11) is 0. The first-order chi connectivity index (χ1) is 7.49. The zero-order valence-electron chi connectivity index (χ0n) is 9.30. The van der Waals surface area contributed by atoms with Gasteiger partial charge in [0.15, 0.2) is 10.4 Å². The smallest absolute Gasteiger partial charge is 0.287 e. The monoisotopic (exact) mass is 351 g/mol. The van der Waals surface area contributed by atoms with Crippen molar-refractivity contribution in [2.75, 3.05) is 6.54 Å². The van der Waals surface area contributed by atoms with Gasteiger partial charge in [0.05, 0.1) is 0 Å².